The highest BCUT2D eigenvalue weighted by Gasteiger charge is 2.13. The molecule has 1 N–H and O–H groups in total. The van der Waals surface area contributed by atoms with Crippen molar-refractivity contribution in [3.8, 4) is 0 Å². The number of imidazole rings is 1. The molecule has 2 heterocycles. The van der Waals surface area contributed by atoms with Gasteiger partial charge in [0.15, 0.2) is 0 Å². The molecular weight excluding hydrogens is 262 g/mol. The molecule has 0 saturated heterocycles. The monoisotopic (exact) mass is 283 g/mol. The van der Waals surface area contributed by atoms with E-state index in [0.29, 0.717) is 0 Å². The molecule has 0 aliphatic rings. The van der Waals surface area contributed by atoms with Gasteiger partial charge in [0.1, 0.15) is 5.82 Å². The second-order valence-electron chi connectivity index (χ2n) is 5.19. The van der Waals surface area contributed by atoms with Crippen LogP contribution in [0.2, 0.25) is 0 Å². The van der Waals surface area contributed by atoms with Crippen LogP contribution in [0.1, 0.15) is 24.1 Å². The van der Waals surface area contributed by atoms with Crippen LogP contribution in [-0.2, 0) is 19.6 Å². The standard InChI is InChI=1S/C16H21N5/c1-4-21-16-8-6-5-7-14(16)15(19-21)11-20-12(2)18-10-13(20)9-17-3/h5-8,10,17H,4,9,11H2,1-3H3. The molecule has 0 aliphatic heterocycles. The zero-order valence-corrected chi connectivity index (χ0v) is 12.8. The Bertz CT molecular complexity index is 753. The molecule has 0 atom stereocenters. The van der Waals surface area contributed by atoms with E-state index in [2.05, 4.69) is 50.7 Å². The zero-order valence-electron chi connectivity index (χ0n) is 12.8. The highest BCUT2D eigenvalue weighted by Crippen LogP contribution is 2.20. The maximum absolute atomic E-state index is 4.77. The van der Waals surface area contributed by atoms with E-state index in [-0.39, 0.29) is 0 Å². The Labute approximate surface area is 124 Å². The molecule has 3 aromatic rings. The molecule has 0 aliphatic carbocycles. The number of aryl methyl sites for hydroxylation is 2. The molecular formula is C16H21N5. The summed E-state index contributed by atoms with van der Waals surface area (Å²) in [5.74, 6) is 1.02. The number of hydrogen-bond acceptors (Lipinski definition) is 3. The van der Waals surface area contributed by atoms with Gasteiger partial charge in [-0.2, -0.15) is 5.10 Å². The summed E-state index contributed by atoms with van der Waals surface area (Å²) in [4.78, 5) is 4.43. The number of rotatable bonds is 5. The minimum absolute atomic E-state index is 0.760. The highest BCUT2D eigenvalue weighted by molar-refractivity contribution is 5.81. The van der Waals surface area contributed by atoms with Crippen LogP contribution in [0.15, 0.2) is 30.5 Å². The smallest absolute Gasteiger partial charge is 0.106 e. The molecule has 110 valence electrons. The summed E-state index contributed by atoms with van der Waals surface area (Å²) in [7, 11) is 1.95. The van der Waals surface area contributed by atoms with Crippen LogP contribution in [0.4, 0.5) is 0 Å². The average Bonchev–Trinajstić information content (AvgIpc) is 3.03. The van der Waals surface area contributed by atoms with E-state index in [9.17, 15) is 0 Å². The summed E-state index contributed by atoms with van der Waals surface area (Å²) < 4.78 is 4.29. The fourth-order valence-electron chi connectivity index (χ4n) is 2.76. The Morgan fingerprint density at radius 1 is 1.24 bits per heavy atom. The molecule has 0 spiro atoms. The van der Waals surface area contributed by atoms with Gasteiger partial charge in [0.2, 0.25) is 0 Å². The van der Waals surface area contributed by atoms with Crippen molar-refractivity contribution in [3.05, 3.63) is 47.7 Å². The van der Waals surface area contributed by atoms with E-state index in [1.807, 2.05) is 20.2 Å². The van der Waals surface area contributed by atoms with Crippen molar-refractivity contribution in [1.82, 2.24) is 24.6 Å². The summed E-state index contributed by atoms with van der Waals surface area (Å²) in [6.45, 7) is 6.62. The lowest BCUT2D eigenvalue weighted by molar-refractivity contribution is 0.630. The summed E-state index contributed by atoms with van der Waals surface area (Å²) in [5, 5.41) is 9.19. The largest absolute Gasteiger partial charge is 0.325 e. The Morgan fingerprint density at radius 3 is 2.81 bits per heavy atom. The molecule has 0 bridgehead atoms. The molecule has 1 aromatic carbocycles. The lowest BCUT2D eigenvalue weighted by Crippen LogP contribution is -2.13. The van der Waals surface area contributed by atoms with E-state index in [1.165, 1.54) is 16.6 Å². The molecule has 5 heteroatoms. The lowest BCUT2D eigenvalue weighted by atomic mass is 10.2. The predicted octanol–water partition coefficient (Wildman–Crippen LogP) is 2.33. The van der Waals surface area contributed by atoms with E-state index < -0.39 is 0 Å². The van der Waals surface area contributed by atoms with Crippen molar-refractivity contribution < 1.29 is 0 Å². The average molecular weight is 283 g/mol. The molecule has 0 radical (unpaired) electrons. The van der Waals surface area contributed by atoms with Crippen molar-refractivity contribution >= 4 is 10.9 Å². The Balaban J connectivity index is 2.04. The maximum Gasteiger partial charge on any atom is 0.106 e. The van der Waals surface area contributed by atoms with Crippen LogP contribution in [-0.4, -0.2) is 26.4 Å². The van der Waals surface area contributed by atoms with E-state index >= 15 is 0 Å². The predicted molar refractivity (Wildman–Crippen MR) is 84.2 cm³/mol. The fraction of sp³-hybridized carbons (Fsp3) is 0.375. The number of nitrogens with zero attached hydrogens (tertiary/aromatic N) is 4. The Hall–Kier alpha value is -2.14. The molecule has 3 rings (SSSR count). The van der Waals surface area contributed by atoms with Gasteiger partial charge in [0.25, 0.3) is 0 Å². The molecule has 0 fully saturated rings. The number of hydrogen-bond donors (Lipinski definition) is 1. The van der Waals surface area contributed by atoms with Crippen molar-refractivity contribution in [2.24, 2.45) is 0 Å². The number of fused-ring (bicyclic) bond motifs is 1. The molecule has 0 amide bonds. The number of para-hydroxylation sites is 1. The highest BCUT2D eigenvalue weighted by atomic mass is 15.3. The van der Waals surface area contributed by atoms with Crippen LogP contribution in [0, 0.1) is 6.92 Å². The minimum Gasteiger partial charge on any atom is -0.325 e. The second kappa shape index (κ2) is 5.69. The molecule has 2 aromatic heterocycles. The second-order valence-corrected chi connectivity index (χ2v) is 5.19. The van der Waals surface area contributed by atoms with Crippen molar-refractivity contribution in [1.29, 1.82) is 0 Å². The zero-order chi connectivity index (χ0) is 14.8. The molecule has 0 unspecified atom stereocenters. The molecule has 5 nitrogen and oxygen atoms in total. The number of aromatic nitrogens is 4. The summed E-state index contributed by atoms with van der Waals surface area (Å²) in [6.07, 6.45) is 1.94. The first-order valence-corrected chi connectivity index (χ1v) is 7.34. The normalized spacial score (nSPS) is 11.4. The molecule has 0 saturated carbocycles. The fourth-order valence-corrected chi connectivity index (χ4v) is 2.76. The van der Waals surface area contributed by atoms with Gasteiger partial charge in [0, 0.05) is 24.7 Å². The first-order valence-electron chi connectivity index (χ1n) is 7.34. The van der Waals surface area contributed by atoms with Gasteiger partial charge in [-0.25, -0.2) is 4.98 Å². The number of benzene rings is 1. The summed E-state index contributed by atoms with van der Waals surface area (Å²) in [5.41, 5.74) is 3.49. The van der Waals surface area contributed by atoms with Crippen molar-refractivity contribution in [2.45, 2.75) is 33.5 Å². The quantitative estimate of drug-likeness (QED) is 0.782. The topological polar surface area (TPSA) is 47.7 Å². The molecule has 21 heavy (non-hydrogen) atoms. The first kappa shape index (κ1) is 13.8. The van der Waals surface area contributed by atoms with Gasteiger partial charge >= 0.3 is 0 Å². The van der Waals surface area contributed by atoms with E-state index in [4.69, 9.17) is 5.10 Å². The Kier molecular flexibility index (Phi) is 3.75. The third-order valence-electron chi connectivity index (χ3n) is 3.84. The number of nitrogens with one attached hydrogen (secondary N) is 1. The van der Waals surface area contributed by atoms with Gasteiger partial charge < -0.3 is 9.88 Å². The van der Waals surface area contributed by atoms with Gasteiger partial charge in [-0.05, 0) is 27.0 Å². The third-order valence-corrected chi connectivity index (χ3v) is 3.84. The van der Waals surface area contributed by atoms with Crippen molar-refractivity contribution in [2.75, 3.05) is 7.05 Å². The first-order chi connectivity index (χ1) is 10.2. The third kappa shape index (κ3) is 2.45. The summed E-state index contributed by atoms with van der Waals surface area (Å²) in [6, 6.07) is 8.41. The van der Waals surface area contributed by atoms with Crippen LogP contribution in [0.25, 0.3) is 10.9 Å². The van der Waals surface area contributed by atoms with Crippen LogP contribution < -0.4 is 5.32 Å². The Morgan fingerprint density at radius 2 is 2.05 bits per heavy atom. The van der Waals surface area contributed by atoms with Crippen LogP contribution >= 0.6 is 0 Å². The van der Waals surface area contributed by atoms with Gasteiger partial charge in [-0.15, -0.1) is 0 Å². The van der Waals surface area contributed by atoms with Crippen molar-refractivity contribution in [3.63, 3.8) is 0 Å². The maximum atomic E-state index is 4.77. The van der Waals surface area contributed by atoms with E-state index in [1.54, 1.807) is 0 Å². The van der Waals surface area contributed by atoms with Gasteiger partial charge in [-0.3, -0.25) is 4.68 Å². The minimum atomic E-state index is 0.760. The van der Waals surface area contributed by atoms with Gasteiger partial charge in [0.05, 0.1) is 23.4 Å². The SMILES string of the molecule is CCn1nc(Cn2c(CNC)cnc2C)c2ccccc21. The summed E-state index contributed by atoms with van der Waals surface area (Å²) >= 11 is 0. The van der Waals surface area contributed by atoms with Gasteiger partial charge in [-0.1, -0.05) is 18.2 Å². The van der Waals surface area contributed by atoms with E-state index in [0.717, 1.165) is 31.2 Å². The van der Waals surface area contributed by atoms with Crippen LogP contribution in [0.5, 0.6) is 0 Å². The van der Waals surface area contributed by atoms with Crippen LogP contribution in [0.3, 0.4) is 0 Å². The lowest BCUT2D eigenvalue weighted by Gasteiger charge is -2.08.